The van der Waals surface area contributed by atoms with E-state index in [0.717, 1.165) is 56.4 Å². The van der Waals surface area contributed by atoms with Crippen molar-refractivity contribution in [3.63, 3.8) is 0 Å². The number of primary amides is 1. The Kier molecular flexibility index (Phi) is 8.51. The number of nitrogens with two attached hydrogens (primary N) is 1. The number of hydrogen-bond donors (Lipinski definition) is 3. The van der Waals surface area contributed by atoms with E-state index < -0.39 is 12.1 Å². The number of hydrogen-bond acceptors (Lipinski definition) is 8. The molecule has 2 fully saturated rings. The van der Waals surface area contributed by atoms with Crippen molar-refractivity contribution in [2.24, 2.45) is 16.8 Å². The molecule has 1 amide bonds. The lowest BCUT2D eigenvalue weighted by atomic mass is 9.97. The maximum Gasteiger partial charge on any atom is 0.286 e. The van der Waals surface area contributed by atoms with Crippen LogP contribution in [0.1, 0.15) is 75.2 Å². The molecule has 0 saturated carbocycles. The van der Waals surface area contributed by atoms with Gasteiger partial charge >= 0.3 is 0 Å². The zero-order chi connectivity index (χ0) is 28.4. The molecule has 5 rings (SSSR count). The number of carbonyl (C=O) groups excluding carboxylic acids is 1. The SMILES string of the molecule is CC1CCN(CCN2N=C(C(N)=O)N(c3ccc(CN4CCCC4)cc3)C2c2cc(C(C)C)c(O)cc2O)CC1. The molecule has 0 bridgehead atoms. The fourth-order valence-electron chi connectivity index (χ4n) is 6.15. The Morgan fingerprint density at radius 1 is 0.975 bits per heavy atom. The first-order valence-corrected chi connectivity index (χ1v) is 14.7. The first-order valence-electron chi connectivity index (χ1n) is 14.7. The summed E-state index contributed by atoms with van der Waals surface area (Å²) in [5.74, 6) is 0.310. The maximum absolute atomic E-state index is 12.8. The van der Waals surface area contributed by atoms with E-state index in [4.69, 9.17) is 10.8 Å². The van der Waals surface area contributed by atoms with Gasteiger partial charge in [0.15, 0.2) is 6.17 Å². The van der Waals surface area contributed by atoms with Gasteiger partial charge in [0, 0.05) is 30.4 Å². The van der Waals surface area contributed by atoms with Crippen LogP contribution in [0.2, 0.25) is 0 Å². The molecule has 2 aromatic rings. The molecule has 1 atom stereocenters. The second kappa shape index (κ2) is 12.1. The number of amidine groups is 1. The predicted octanol–water partition coefficient (Wildman–Crippen LogP) is 4.17. The molecule has 1 unspecified atom stereocenters. The maximum atomic E-state index is 12.8. The summed E-state index contributed by atoms with van der Waals surface area (Å²) in [4.78, 5) is 19.5. The van der Waals surface area contributed by atoms with Gasteiger partial charge in [-0.05, 0) is 93.0 Å². The van der Waals surface area contributed by atoms with Crippen LogP contribution in [0.5, 0.6) is 11.5 Å². The van der Waals surface area contributed by atoms with Crippen LogP contribution in [0.25, 0.3) is 0 Å². The van der Waals surface area contributed by atoms with E-state index in [1.165, 1.54) is 37.3 Å². The van der Waals surface area contributed by atoms with Gasteiger partial charge in [-0.25, -0.2) is 0 Å². The third kappa shape index (κ3) is 6.05. The molecule has 0 spiro atoms. The Balaban J connectivity index is 1.49. The average molecular weight is 549 g/mol. The molecule has 0 aromatic heterocycles. The summed E-state index contributed by atoms with van der Waals surface area (Å²) in [6.07, 6.45) is 4.24. The quantitative estimate of drug-likeness (QED) is 0.432. The number of likely N-dealkylation sites (tertiary alicyclic amines) is 2. The van der Waals surface area contributed by atoms with Gasteiger partial charge in [-0.3, -0.25) is 19.6 Å². The van der Waals surface area contributed by atoms with E-state index in [9.17, 15) is 15.0 Å². The van der Waals surface area contributed by atoms with Crippen molar-refractivity contribution < 1.29 is 15.0 Å². The van der Waals surface area contributed by atoms with Crippen LogP contribution in [0, 0.1) is 5.92 Å². The molecule has 9 nitrogen and oxygen atoms in total. The van der Waals surface area contributed by atoms with Gasteiger partial charge in [-0.2, -0.15) is 5.10 Å². The van der Waals surface area contributed by atoms with Gasteiger partial charge in [0.2, 0.25) is 5.84 Å². The highest BCUT2D eigenvalue weighted by Crippen LogP contribution is 2.42. The number of aromatic hydroxyl groups is 2. The molecule has 216 valence electrons. The zero-order valence-electron chi connectivity index (χ0n) is 24.1. The molecule has 2 saturated heterocycles. The van der Waals surface area contributed by atoms with Crippen molar-refractivity contribution >= 4 is 17.4 Å². The van der Waals surface area contributed by atoms with Crippen LogP contribution < -0.4 is 10.6 Å². The van der Waals surface area contributed by atoms with Gasteiger partial charge < -0.3 is 20.8 Å². The Morgan fingerprint density at radius 2 is 1.65 bits per heavy atom. The number of benzene rings is 2. The minimum absolute atomic E-state index is 0.0411. The summed E-state index contributed by atoms with van der Waals surface area (Å²) in [7, 11) is 0. The molecule has 9 heteroatoms. The number of anilines is 1. The summed E-state index contributed by atoms with van der Waals surface area (Å²) in [6.45, 7) is 12.9. The lowest BCUT2D eigenvalue weighted by Crippen LogP contribution is -2.42. The highest BCUT2D eigenvalue weighted by molar-refractivity contribution is 6.43. The second-order valence-corrected chi connectivity index (χ2v) is 12.0. The van der Waals surface area contributed by atoms with E-state index in [1.807, 2.05) is 42.0 Å². The summed E-state index contributed by atoms with van der Waals surface area (Å²) in [5.41, 5.74) is 9.20. The number of phenolic OH excluding ortho intramolecular Hbond substituents is 2. The first kappa shape index (κ1) is 28.2. The van der Waals surface area contributed by atoms with Crippen molar-refractivity contribution in [1.82, 2.24) is 14.8 Å². The third-order valence-electron chi connectivity index (χ3n) is 8.62. The summed E-state index contributed by atoms with van der Waals surface area (Å²) in [5, 5.41) is 28.3. The molecular weight excluding hydrogens is 504 g/mol. The monoisotopic (exact) mass is 548 g/mol. The number of phenols is 2. The van der Waals surface area contributed by atoms with Crippen molar-refractivity contribution in [1.29, 1.82) is 0 Å². The number of rotatable bonds is 9. The number of piperidine rings is 1. The predicted molar refractivity (Wildman–Crippen MR) is 158 cm³/mol. The number of amides is 1. The van der Waals surface area contributed by atoms with E-state index >= 15 is 0 Å². The van der Waals surface area contributed by atoms with Crippen LogP contribution >= 0.6 is 0 Å². The topological polar surface area (TPSA) is 109 Å². The third-order valence-corrected chi connectivity index (χ3v) is 8.62. The van der Waals surface area contributed by atoms with Crippen molar-refractivity contribution in [3.8, 4) is 11.5 Å². The van der Waals surface area contributed by atoms with Crippen molar-refractivity contribution in [2.75, 3.05) is 44.2 Å². The highest BCUT2D eigenvalue weighted by Gasteiger charge is 2.40. The van der Waals surface area contributed by atoms with Gasteiger partial charge in [-0.1, -0.05) is 32.9 Å². The Morgan fingerprint density at radius 3 is 2.27 bits per heavy atom. The molecule has 3 aliphatic heterocycles. The molecule has 4 N–H and O–H groups in total. The lowest BCUT2D eigenvalue weighted by molar-refractivity contribution is -0.112. The number of carbonyl (C=O) groups is 1. The summed E-state index contributed by atoms with van der Waals surface area (Å²) >= 11 is 0. The van der Waals surface area contributed by atoms with E-state index in [0.29, 0.717) is 12.1 Å². The number of nitrogens with zero attached hydrogens (tertiary/aromatic N) is 5. The van der Waals surface area contributed by atoms with Crippen LogP contribution in [-0.2, 0) is 11.3 Å². The van der Waals surface area contributed by atoms with E-state index in [2.05, 4.69) is 28.9 Å². The Hall–Kier alpha value is -3.30. The molecule has 40 heavy (non-hydrogen) atoms. The van der Waals surface area contributed by atoms with Crippen molar-refractivity contribution in [2.45, 2.75) is 65.1 Å². The normalized spacial score (nSPS) is 21.0. The van der Waals surface area contributed by atoms with Gasteiger partial charge in [0.25, 0.3) is 5.91 Å². The standard InChI is InChI=1S/C31H44N6O3/c1-21(2)25-18-26(28(39)19-27(25)38)31-36(17-16-34-14-10-22(3)11-15-34)33-30(29(32)40)37(31)24-8-6-23(7-9-24)20-35-12-4-5-13-35/h6-9,18-19,21-22,31,38-39H,4-5,10-17,20H2,1-3H3,(H2,32,40). The average Bonchev–Trinajstić information content (AvgIpc) is 3.57. The second-order valence-electron chi connectivity index (χ2n) is 12.0. The smallest absolute Gasteiger partial charge is 0.286 e. The highest BCUT2D eigenvalue weighted by atomic mass is 16.3. The van der Waals surface area contributed by atoms with Gasteiger partial charge in [0.1, 0.15) is 11.5 Å². The summed E-state index contributed by atoms with van der Waals surface area (Å²) in [6, 6.07) is 11.4. The van der Waals surface area contributed by atoms with Crippen LogP contribution in [0.15, 0.2) is 41.5 Å². The van der Waals surface area contributed by atoms with Crippen LogP contribution in [-0.4, -0.2) is 76.0 Å². The molecular formula is C31H44N6O3. The Labute approximate surface area is 237 Å². The first-order chi connectivity index (χ1) is 19.2. The molecule has 3 heterocycles. The molecule has 0 aliphatic carbocycles. The van der Waals surface area contributed by atoms with Crippen LogP contribution in [0.4, 0.5) is 5.69 Å². The van der Waals surface area contributed by atoms with Crippen LogP contribution in [0.3, 0.4) is 0 Å². The van der Waals surface area contributed by atoms with Gasteiger partial charge in [0.05, 0.1) is 6.54 Å². The lowest BCUT2D eigenvalue weighted by Gasteiger charge is -2.35. The number of hydrazone groups is 1. The minimum Gasteiger partial charge on any atom is -0.508 e. The molecule has 3 aliphatic rings. The molecule has 0 radical (unpaired) electrons. The minimum atomic E-state index is -0.622. The summed E-state index contributed by atoms with van der Waals surface area (Å²) < 4.78 is 0. The van der Waals surface area contributed by atoms with E-state index in [-0.39, 0.29) is 23.3 Å². The van der Waals surface area contributed by atoms with Gasteiger partial charge in [-0.15, -0.1) is 0 Å². The van der Waals surface area contributed by atoms with E-state index in [1.54, 1.807) is 0 Å². The molecule has 2 aromatic carbocycles. The Bertz CT molecular complexity index is 1220. The fraction of sp³-hybridized carbons (Fsp3) is 0.548. The zero-order valence-corrected chi connectivity index (χ0v) is 24.1. The van der Waals surface area contributed by atoms with Crippen molar-refractivity contribution in [3.05, 3.63) is 53.1 Å². The largest absolute Gasteiger partial charge is 0.508 e. The fourth-order valence-corrected chi connectivity index (χ4v) is 6.15.